The summed E-state index contributed by atoms with van der Waals surface area (Å²) in [5, 5.41) is 5.32. The first-order valence-electron chi connectivity index (χ1n) is 20.5. The van der Waals surface area contributed by atoms with E-state index in [1.807, 2.05) is 108 Å². The van der Waals surface area contributed by atoms with E-state index in [9.17, 15) is 0 Å². The van der Waals surface area contributed by atoms with E-state index in [0.717, 1.165) is 84.0 Å². The molecule has 0 fully saturated rings. The molecule has 61 heavy (non-hydrogen) atoms. The highest BCUT2D eigenvalue weighted by Gasteiger charge is 2.23. The highest BCUT2D eigenvalue weighted by molar-refractivity contribution is 7.07. The summed E-state index contributed by atoms with van der Waals surface area (Å²) >= 11 is 1.56. The van der Waals surface area contributed by atoms with Gasteiger partial charge in [-0.25, -0.2) is 34.9 Å². The molecule has 0 amide bonds. The van der Waals surface area contributed by atoms with Crippen molar-refractivity contribution in [2.24, 2.45) is 0 Å². The topological polar surface area (TPSA) is 99.5 Å². The summed E-state index contributed by atoms with van der Waals surface area (Å²) in [6, 6.07) is 42.6. The maximum atomic E-state index is 5.33. The Bertz CT molecular complexity index is 2900. The third kappa shape index (κ3) is 9.96. The lowest BCUT2D eigenvalue weighted by atomic mass is 9.89. The van der Waals surface area contributed by atoms with Crippen molar-refractivity contribution >= 4 is 44.0 Å². The molecular weight excluding hydrogens is 771 g/mol. The molecular formula is C52H53N7OS. The van der Waals surface area contributed by atoms with E-state index >= 15 is 0 Å². The molecule has 0 unspecified atom stereocenters. The second-order valence-electron chi connectivity index (χ2n) is 18.0. The zero-order chi connectivity index (χ0) is 43.4. The van der Waals surface area contributed by atoms with Crippen LogP contribution in [0.5, 0.6) is 5.75 Å². The number of hydrogen-bond donors (Lipinski definition) is 0. The predicted octanol–water partition coefficient (Wildman–Crippen LogP) is 13.2. The number of hydrogen-bond acceptors (Lipinski definition) is 9. The second-order valence-corrected chi connectivity index (χ2v) is 18.7. The molecule has 0 bridgehead atoms. The number of fused-ring (bicyclic) bond motifs is 3. The summed E-state index contributed by atoms with van der Waals surface area (Å²) in [5.74, 6) is 3.08. The van der Waals surface area contributed by atoms with Crippen molar-refractivity contribution in [2.45, 2.75) is 78.6 Å². The van der Waals surface area contributed by atoms with E-state index < -0.39 is 0 Å². The largest absolute Gasteiger partial charge is 0.497 e. The molecule has 9 rings (SSSR count). The SMILES string of the molecule is CC(C)(C)c1nc(-c2ccccc2)nc2ccccc12.CC(C)(C)c1nc(-c2cscn2)nc2ccccc12.COc1ccc2c(C(C)(C)C)nc(-c3ccccc3)nc2c1. The second kappa shape index (κ2) is 17.6. The van der Waals surface area contributed by atoms with Crippen molar-refractivity contribution in [3.63, 3.8) is 0 Å². The number of benzene rings is 5. The third-order valence-electron chi connectivity index (χ3n) is 9.97. The van der Waals surface area contributed by atoms with Crippen LogP contribution >= 0.6 is 11.3 Å². The number of rotatable bonds is 4. The minimum atomic E-state index is -0.0562. The lowest BCUT2D eigenvalue weighted by Gasteiger charge is -2.21. The van der Waals surface area contributed by atoms with Crippen LogP contribution in [0.4, 0.5) is 0 Å². The fourth-order valence-electron chi connectivity index (χ4n) is 6.97. The minimum Gasteiger partial charge on any atom is -0.497 e. The summed E-state index contributed by atoms with van der Waals surface area (Å²) in [6.07, 6.45) is 0. The maximum absolute atomic E-state index is 5.33. The van der Waals surface area contributed by atoms with E-state index in [1.54, 1.807) is 18.4 Å². The van der Waals surface area contributed by atoms with Gasteiger partial charge < -0.3 is 4.74 Å². The van der Waals surface area contributed by atoms with Gasteiger partial charge in [-0.05, 0) is 24.3 Å². The van der Waals surface area contributed by atoms with Crippen molar-refractivity contribution in [3.8, 4) is 40.0 Å². The van der Waals surface area contributed by atoms with Crippen LogP contribution in [0, 0.1) is 0 Å². The first-order valence-corrected chi connectivity index (χ1v) is 21.4. The molecule has 0 spiro atoms. The average Bonchev–Trinajstić information content (AvgIpc) is 3.81. The molecule has 9 aromatic rings. The highest BCUT2D eigenvalue weighted by atomic mass is 32.1. The number of aromatic nitrogens is 7. The standard InChI is InChI=1S/C19H20N2O.C18H18N2.C15H15N3S/c1-19(2,3)17-15-11-10-14(22-4)12-16(15)20-18(21-17)13-8-6-5-7-9-13;1-18(2,3)16-14-11-7-8-12-15(14)19-17(20-16)13-9-5-4-6-10-13;1-15(2,3)13-10-6-4-5-7-11(10)17-14(18-13)12-8-19-9-16-12/h5-12H,1-4H3;4-12H,1-3H3;4-9H,1-3H3. The van der Waals surface area contributed by atoms with Crippen molar-refractivity contribution in [1.29, 1.82) is 0 Å². The Morgan fingerprint density at radius 3 is 1.28 bits per heavy atom. The molecule has 308 valence electrons. The van der Waals surface area contributed by atoms with Crippen LogP contribution in [-0.2, 0) is 16.2 Å². The average molecular weight is 824 g/mol. The Morgan fingerprint density at radius 1 is 0.426 bits per heavy atom. The van der Waals surface area contributed by atoms with Crippen LogP contribution in [0.25, 0.3) is 67.0 Å². The van der Waals surface area contributed by atoms with Crippen molar-refractivity contribution in [1.82, 2.24) is 34.9 Å². The van der Waals surface area contributed by atoms with E-state index in [4.69, 9.17) is 29.7 Å². The zero-order valence-electron chi connectivity index (χ0n) is 36.7. The molecule has 0 aliphatic carbocycles. The van der Waals surface area contributed by atoms with Crippen LogP contribution in [0.1, 0.15) is 79.4 Å². The van der Waals surface area contributed by atoms with Crippen LogP contribution in [0.3, 0.4) is 0 Å². The van der Waals surface area contributed by atoms with Crippen molar-refractivity contribution in [3.05, 3.63) is 155 Å². The van der Waals surface area contributed by atoms with Crippen molar-refractivity contribution in [2.75, 3.05) is 7.11 Å². The third-order valence-corrected chi connectivity index (χ3v) is 10.6. The first kappa shape index (κ1) is 42.7. The molecule has 0 saturated carbocycles. The zero-order valence-corrected chi connectivity index (χ0v) is 37.5. The van der Waals surface area contributed by atoms with Gasteiger partial charge in [0.2, 0.25) is 0 Å². The summed E-state index contributed by atoms with van der Waals surface area (Å²) in [4.78, 5) is 32.8. The summed E-state index contributed by atoms with van der Waals surface area (Å²) in [5.41, 5.74) is 10.8. The fraction of sp³-hybridized carbons (Fsp3) is 0.250. The normalized spacial score (nSPS) is 11.8. The Labute approximate surface area is 363 Å². The molecule has 9 heteroatoms. The fourth-order valence-corrected chi connectivity index (χ4v) is 7.51. The summed E-state index contributed by atoms with van der Waals surface area (Å²) < 4.78 is 5.33. The van der Waals surface area contributed by atoms with Gasteiger partial charge >= 0.3 is 0 Å². The van der Waals surface area contributed by atoms with Crippen LogP contribution in [0.15, 0.2) is 138 Å². The molecule has 0 N–H and O–H groups in total. The molecule has 0 aliphatic rings. The maximum Gasteiger partial charge on any atom is 0.179 e. The quantitative estimate of drug-likeness (QED) is 0.173. The van der Waals surface area contributed by atoms with Gasteiger partial charge in [0.25, 0.3) is 0 Å². The molecule has 4 heterocycles. The smallest absolute Gasteiger partial charge is 0.179 e. The molecule has 0 aliphatic heterocycles. The number of para-hydroxylation sites is 2. The Hall–Kier alpha value is -6.45. The van der Waals surface area contributed by atoms with Crippen LogP contribution in [-0.4, -0.2) is 42.0 Å². The Morgan fingerprint density at radius 2 is 0.836 bits per heavy atom. The van der Waals surface area contributed by atoms with Gasteiger partial charge in [-0.3, -0.25) is 0 Å². The minimum absolute atomic E-state index is 0.00786. The van der Waals surface area contributed by atoms with E-state index in [0.29, 0.717) is 5.82 Å². The van der Waals surface area contributed by atoms with E-state index in [1.165, 1.54) is 0 Å². The Balaban J connectivity index is 0.000000138. The van der Waals surface area contributed by atoms with Crippen molar-refractivity contribution < 1.29 is 4.74 Å². The number of ether oxygens (including phenoxy) is 1. The summed E-state index contributed by atoms with van der Waals surface area (Å²) in [6.45, 7) is 19.6. The molecule has 8 nitrogen and oxygen atoms in total. The molecule has 0 atom stereocenters. The molecule has 4 aromatic heterocycles. The van der Waals surface area contributed by atoms with Gasteiger partial charge in [0.05, 0.1) is 46.3 Å². The van der Waals surface area contributed by atoms with Gasteiger partial charge in [-0.15, -0.1) is 11.3 Å². The Kier molecular flexibility index (Phi) is 12.3. The van der Waals surface area contributed by atoms with Crippen LogP contribution in [0.2, 0.25) is 0 Å². The van der Waals surface area contributed by atoms with E-state index in [-0.39, 0.29) is 16.2 Å². The monoisotopic (exact) mass is 823 g/mol. The number of thiazole rings is 1. The first-order chi connectivity index (χ1) is 29.1. The summed E-state index contributed by atoms with van der Waals surface area (Å²) in [7, 11) is 1.67. The highest BCUT2D eigenvalue weighted by Crippen LogP contribution is 2.33. The lowest BCUT2D eigenvalue weighted by Crippen LogP contribution is -2.15. The molecule has 0 radical (unpaired) electrons. The molecule has 0 saturated heterocycles. The van der Waals surface area contributed by atoms with Gasteiger partial charge in [-0.2, -0.15) is 0 Å². The lowest BCUT2D eigenvalue weighted by molar-refractivity contribution is 0.415. The van der Waals surface area contributed by atoms with E-state index in [2.05, 4.69) is 103 Å². The number of nitrogens with zero attached hydrogens (tertiary/aromatic N) is 7. The van der Waals surface area contributed by atoms with Gasteiger partial charge in [0, 0.05) is 55.0 Å². The van der Waals surface area contributed by atoms with Gasteiger partial charge in [0.15, 0.2) is 17.5 Å². The van der Waals surface area contributed by atoms with Crippen LogP contribution < -0.4 is 4.74 Å². The van der Waals surface area contributed by atoms with Gasteiger partial charge in [-0.1, -0.05) is 159 Å². The molecule has 5 aromatic carbocycles. The predicted molar refractivity (Wildman–Crippen MR) is 253 cm³/mol. The van der Waals surface area contributed by atoms with Gasteiger partial charge in [0.1, 0.15) is 11.4 Å². The number of methoxy groups -OCH3 is 1.